The van der Waals surface area contributed by atoms with E-state index in [-0.39, 0.29) is 12.6 Å². The van der Waals surface area contributed by atoms with Gasteiger partial charge in [0, 0.05) is 5.69 Å². The highest BCUT2D eigenvalue weighted by Crippen LogP contribution is 2.29. The Morgan fingerprint density at radius 1 is 1.11 bits per heavy atom. The van der Waals surface area contributed by atoms with Gasteiger partial charge in [-0.05, 0) is 68.9 Å². The molecule has 3 aromatic rings. The third-order valence-corrected chi connectivity index (χ3v) is 7.56. The van der Waals surface area contributed by atoms with Crippen molar-refractivity contribution in [3.63, 3.8) is 0 Å². The molecule has 1 N–H and O–H groups in total. The van der Waals surface area contributed by atoms with Gasteiger partial charge in [-0.2, -0.15) is 0 Å². The van der Waals surface area contributed by atoms with Gasteiger partial charge in [-0.15, -0.1) is 11.3 Å². The fraction of sp³-hybridized carbons (Fsp3) is 0.444. The topological polar surface area (TPSA) is 117 Å². The molecule has 0 unspecified atom stereocenters. The standard InChI is InChI=1S/C27H31N3O6S/c1-3-4-14-35-26(33)18-10-12-19(13-11-18)29-21(31)15-30-16-28-24-22(25(30)32)17(2)23(37-24)27(34)36-20-8-6-5-7-9-20/h10-13,16,20H,3-9,14-15H2,1-2H3,(H,29,31). The molecule has 2 aromatic heterocycles. The highest BCUT2D eigenvalue weighted by Gasteiger charge is 2.24. The molecule has 1 aliphatic rings. The minimum absolute atomic E-state index is 0.0834. The maximum atomic E-state index is 13.1. The van der Waals surface area contributed by atoms with E-state index in [0.717, 1.165) is 56.3 Å². The van der Waals surface area contributed by atoms with E-state index in [1.54, 1.807) is 31.2 Å². The van der Waals surface area contributed by atoms with Gasteiger partial charge in [0.1, 0.15) is 22.4 Å². The monoisotopic (exact) mass is 525 g/mol. The van der Waals surface area contributed by atoms with Gasteiger partial charge < -0.3 is 14.8 Å². The summed E-state index contributed by atoms with van der Waals surface area (Å²) in [4.78, 5) is 55.7. The highest BCUT2D eigenvalue weighted by molar-refractivity contribution is 7.20. The number of unbranched alkanes of at least 4 members (excludes halogenated alkanes) is 1. The average Bonchev–Trinajstić information content (AvgIpc) is 3.24. The summed E-state index contributed by atoms with van der Waals surface area (Å²) in [6.07, 6.45) is 7.95. The SMILES string of the molecule is CCCCOC(=O)c1ccc(NC(=O)Cn2cnc3sc(C(=O)OC4CCCCC4)c(C)c3c2=O)cc1. The molecule has 0 radical (unpaired) electrons. The van der Waals surface area contributed by atoms with Crippen molar-refractivity contribution in [1.29, 1.82) is 0 Å². The molecular formula is C27H31N3O6S. The first-order valence-electron chi connectivity index (χ1n) is 12.6. The van der Waals surface area contributed by atoms with Crippen LogP contribution in [0.1, 0.15) is 77.5 Å². The van der Waals surface area contributed by atoms with Crippen LogP contribution in [0.3, 0.4) is 0 Å². The lowest BCUT2D eigenvalue weighted by Crippen LogP contribution is -2.28. The molecule has 0 atom stereocenters. The molecule has 2 heterocycles. The van der Waals surface area contributed by atoms with E-state index < -0.39 is 23.4 Å². The molecule has 1 aliphatic carbocycles. The fourth-order valence-electron chi connectivity index (χ4n) is 4.29. The Labute approximate surface area is 218 Å². The van der Waals surface area contributed by atoms with E-state index in [9.17, 15) is 19.2 Å². The number of hydrogen-bond donors (Lipinski definition) is 1. The van der Waals surface area contributed by atoms with Gasteiger partial charge in [0.05, 0.1) is 23.9 Å². The number of carbonyl (C=O) groups is 3. The minimum atomic E-state index is -0.425. The van der Waals surface area contributed by atoms with Crippen molar-refractivity contribution in [1.82, 2.24) is 9.55 Å². The zero-order valence-corrected chi connectivity index (χ0v) is 21.9. The van der Waals surface area contributed by atoms with E-state index in [4.69, 9.17) is 9.47 Å². The molecule has 1 fully saturated rings. The number of nitrogens with zero attached hydrogens (tertiary/aromatic N) is 2. The summed E-state index contributed by atoms with van der Waals surface area (Å²) in [7, 11) is 0. The number of thiophene rings is 1. The number of amides is 1. The molecule has 10 heteroatoms. The molecule has 1 amide bonds. The molecule has 37 heavy (non-hydrogen) atoms. The minimum Gasteiger partial charge on any atom is -0.462 e. The molecule has 0 aliphatic heterocycles. The van der Waals surface area contributed by atoms with E-state index in [2.05, 4.69) is 10.3 Å². The van der Waals surface area contributed by atoms with Crippen LogP contribution in [0.25, 0.3) is 10.2 Å². The quantitative estimate of drug-likeness (QED) is 0.313. The lowest BCUT2D eigenvalue weighted by atomic mass is 9.98. The Morgan fingerprint density at radius 3 is 2.54 bits per heavy atom. The van der Waals surface area contributed by atoms with Gasteiger partial charge in [0.15, 0.2) is 0 Å². The van der Waals surface area contributed by atoms with Crippen LogP contribution in [0.5, 0.6) is 0 Å². The zero-order chi connectivity index (χ0) is 26.4. The summed E-state index contributed by atoms with van der Waals surface area (Å²) < 4.78 is 12.1. The van der Waals surface area contributed by atoms with Crippen LogP contribution in [-0.4, -0.2) is 40.1 Å². The number of hydrogen-bond acceptors (Lipinski definition) is 8. The van der Waals surface area contributed by atoms with Crippen LogP contribution in [-0.2, 0) is 20.8 Å². The molecule has 9 nitrogen and oxygen atoms in total. The summed E-state index contributed by atoms with van der Waals surface area (Å²) in [6.45, 7) is 3.84. The van der Waals surface area contributed by atoms with Crippen molar-refractivity contribution in [2.75, 3.05) is 11.9 Å². The van der Waals surface area contributed by atoms with E-state index >= 15 is 0 Å². The number of esters is 2. The van der Waals surface area contributed by atoms with Crippen LogP contribution in [0.15, 0.2) is 35.4 Å². The Kier molecular flexibility index (Phi) is 8.70. The fourth-order valence-corrected chi connectivity index (χ4v) is 5.31. The van der Waals surface area contributed by atoms with Crippen molar-refractivity contribution in [3.05, 3.63) is 57.0 Å². The number of aryl methyl sites for hydroxylation is 1. The molecule has 0 saturated heterocycles. The number of carbonyl (C=O) groups excluding carboxylic acids is 3. The van der Waals surface area contributed by atoms with Crippen LogP contribution >= 0.6 is 11.3 Å². The van der Waals surface area contributed by atoms with Crippen molar-refractivity contribution >= 4 is 45.1 Å². The summed E-state index contributed by atoms with van der Waals surface area (Å²) in [5.41, 5.74) is 1.01. The van der Waals surface area contributed by atoms with Gasteiger partial charge in [0.2, 0.25) is 5.91 Å². The molecular weight excluding hydrogens is 494 g/mol. The Balaban J connectivity index is 1.42. The largest absolute Gasteiger partial charge is 0.462 e. The van der Waals surface area contributed by atoms with Crippen LogP contribution in [0, 0.1) is 6.92 Å². The second-order valence-electron chi connectivity index (χ2n) is 9.19. The van der Waals surface area contributed by atoms with Gasteiger partial charge in [-0.1, -0.05) is 19.8 Å². The van der Waals surface area contributed by atoms with E-state index in [1.165, 1.54) is 10.9 Å². The second kappa shape index (κ2) is 12.1. The number of ether oxygens (including phenoxy) is 2. The van der Waals surface area contributed by atoms with Crippen LogP contribution in [0.4, 0.5) is 5.69 Å². The summed E-state index contributed by atoms with van der Waals surface area (Å²) in [5, 5.41) is 3.04. The highest BCUT2D eigenvalue weighted by atomic mass is 32.1. The van der Waals surface area contributed by atoms with Crippen LogP contribution in [0.2, 0.25) is 0 Å². The average molecular weight is 526 g/mol. The van der Waals surface area contributed by atoms with Crippen molar-refractivity contribution in [2.45, 2.75) is 71.4 Å². The first-order chi connectivity index (χ1) is 17.9. The number of benzene rings is 1. The number of nitrogens with one attached hydrogen (secondary N) is 1. The number of anilines is 1. The molecule has 196 valence electrons. The van der Waals surface area contributed by atoms with Crippen molar-refractivity contribution < 1.29 is 23.9 Å². The van der Waals surface area contributed by atoms with Crippen molar-refractivity contribution in [2.24, 2.45) is 0 Å². The predicted octanol–water partition coefficient (Wildman–Crippen LogP) is 4.85. The Morgan fingerprint density at radius 2 is 1.84 bits per heavy atom. The summed E-state index contributed by atoms with van der Waals surface area (Å²) in [5.74, 6) is -1.26. The molecule has 0 bridgehead atoms. The van der Waals surface area contributed by atoms with Crippen LogP contribution < -0.4 is 10.9 Å². The third-order valence-electron chi connectivity index (χ3n) is 6.38. The normalized spacial score (nSPS) is 13.9. The second-order valence-corrected chi connectivity index (χ2v) is 10.2. The molecule has 0 spiro atoms. The number of aromatic nitrogens is 2. The first kappa shape index (κ1) is 26.5. The lowest BCUT2D eigenvalue weighted by Gasteiger charge is -2.21. The third kappa shape index (κ3) is 6.43. The van der Waals surface area contributed by atoms with E-state index in [1.807, 2.05) is 6.92 Å². The number of rotatable bonds is 9. The van der Waals surface area contributed by atoms with Gasteiger partial charge in [-0.25, -0.2) is 14.6 Å². The molecule has 1 saturated carbocycles. The smallest absolute Gasteiger partial charge is 0.348 e. The summed E-state index contributed by atoms with van der Waals surface area (Å²) in [6, 6.07) is 6.36. The summed E-state index contributed by atoms with van der Waals surface area (Å²) >= 11 is 1.14. The molecule has 1 aromatic carbocycles. The maximum absolute atomic E-state index is 13.1. The Bertz CT molecular complexity index is 1340. The van der Waals surface area contributed by atoms with Gasteiger partial charge in [-0.3, -0.25) is 14.2 Å². The maximum Gasteiger partial charge on any atom is 0.348 e. The zero-order valence-electron chi connectivity index (χ0n) is 21.1. The van der Waals surface area contributed by atoms with Crippen molar-refractivity contribution in [3.8, 4) is 0 Å². The Hall–Kier alpha value is -3.53. The van der Waals surface area contributed by atoms with Gasteiger partial charge in [0.25, 0.3) is 5.56 Å². The van der Waals surface area contributed by atoms with E-state index in [0.29, 0.717) is 38.5 Å². The lowest BCUT2D eigenvalue weighted by molar-refractivity contribution is -0.116. The van der Waals surface area contributed by atoms with Gasteiger partial charge >= 0.3 is 11.9 Å². The predicted molar refractivity (Wildman–Crippen MR) is 141 cm³/mol. The first-order valence-corrected chi connectivity index (χ1v) is 13.5. The number of fused-ring (bicyclic) bond motifs is 1. The molecule has 4 rings (SSSR count).